The standard InChI is InChI=1S/C19H19ClFN3O3/c1-27-13-6-7-14(15(21)10-13)17-16(8-9-22-18(17)25)24-19(26)23-12-4-2-11(20)3-5-12/h2-7,10,16-17H,8-9H2,1H3,(H,22,25)(H2,23,24,26)/t16-,17?/m1/s1. The molecule has 0 aliphatic carbocycles. The Bertz CT molecular complexity index is 845. The molecule has 1 fully saturated rings. The van der Waals surface area contributed by atoms with Crippen LogP contribution in [0.15, 0.2) is 42.5 Å². The van der Waals surface area contributed by atoms with Gasteiger partial charge in [-0.15, -0.1) is 0 Å². The maximum absolute atomic E-state index is 14.5. The Morgan fingerprint density at radius 1 is 1.26 bits per heavy atom. The van der Waals surface area contributed by atoms with E-state index in [1.54, 1.807) is 30.3 Å². The van der Waals surface area contributed by atoms with Gasteiger partial charge in [0.2, 0.25) is 5.91 Å². The van der Waals surface area contributed by atoms with E-state index in [2.05, 4.69) is 16.0 Å². The number of carbonyl (C=O) groups excluding carboxylic acids is 2. The zero-order valence-electron chi connectivity index (χ0n) is 14.6. The van der Waals surface area contributed by atoms with E-state index in [1.807, 2.05) is 0 Å². The van der Waals surface area contributed by atoms with Gasteiger partial charge >= 0.3 is 6.03 Å². The smallest absolute Gasteiger partial charge is 0.319 e. The molecule has 27 heavy (non-hydrogen) atoms. The van der Waals surface area contributed by atoms with E-state index >= 15 is 0 Å². The summed E-state index contributed by atoms with van der Waals surface area (Å²) in [6.07, 6.45) is 0.482. The second kappa shape index (κ2) is 8.26. The molecular weight excluding hydrogens is 373 g/mol. The summed E-state index contributed by atoms with van der Waals surface area (Å²) in [6, 6.07) is 9.93. The highest BCUT2D eigenvalue weighted by Gasteiger charge is 2.36. The fourth-order valence-corrected chi connectivity index (χ4v) is 3.21. The van der Waals surface area contributed by atoms with Gasteiger partial charge in [0.15, 0.2) is 0 Å². The molecule has 0 radical (unpaired) electrons. The number of carbonyl (C=O) groups is 2. The highest BCUT2D eigenvalue weighted by atomic mass is 35.5. The molecule has 3 rings (SSSR count). The number of rotatable bonds is 4. The van der Waals surface area contributed by atoms with Crippen LogP contribution >= 0.6 is 11.6 Å². The highest BCUT2D eigenvalue weighted by Crippen LogP contribution is 2.29. The lowest BCUT2D eigenvalue weighted by Crippen LogP contribution is -2.52. The molecule has 6 nitrogen and oxygen atoms in total. The predicted octanol–water partition coefficient (Wildman–Crippen LogP) is 3.28. The number of halogens is 2. The summed E-state index contributed by atoms with van der Waals surface area (Å²) in [5.74, 6) is -1.36. The minimum atomic E-state index is -0.833. The maximum atomic E-state index is 14.5. The minimum Gasteiger partial charge on any atom is -0.497 e. The first-order valence-electron chi connectivity index (χ1n) is 8.42. The molecular formula is C19H19ClFN3O3. The third-order valence-corrected chi connectivity index (χ3v) is 4.65. The van der Waals surface area contributed by atoms with Crippen molar-refractivity contribution < 1.29 is 18.7 Å². The predicted molar refractivity (Wildman–Crippen MR) is 101 cm³/mol. The molecule has 1 aliphatic rings. The number of piperidine rings is 1. The number of ether oxygens (including phenoxy) is 1. The number of hydrogen-bond acceptors (Lipinski definition) is 3. The SMILES string of the molecule is COc1ccc(C2C(=O)NCC[C@H]2NC(=O)Nc2ccc(Cl)cc2)c(F)c1. The average molecular weight is 392 g/mol. The largest absolute Gasteiger partial charge is 0.497 e. The van der Waals surface area contributed by atoms with Crippen LogP contribution in [-0.2, 0) is 4.79 Å². The fourth-order valence-electron chi connectivity index (χ4n) is 3.08. The summed E-state index contributed by atoms with van der Waals surface area (Å²) >= 11 is 5.83. The van der Waals surface area contributed by atoms with Crippen LogP contribution in [0, 0.1) is 5.82 Å². The number of methoxy groups -OCH3 is 1. The van der Waals surface area contributed by atoms with Crippen LogP contribution in [0.5, 0.6) is 5.75 Å². The summed E-state index contributed by atoms with van der Waals surface area (Å²) in [5, 5.41) is 8.73. The Labute approximate surface area is 161 Å². The molecule has 1 saturated heterocycles. The van der Waals surface area contributed by atoms with Crippen molar-refractivity contribution in [1.29, 1.82) is 0 Å². The van der Waals surface area contributed by atoms with Gasteiger partial charge in [-0.3, -0.25) is 4.79 Å². The summed E-state index contributed by atoms with van der Waals surface area (Å²) in [6.45, 7) is 0.402. The van der Waals surface area contributed by atoms with Gasteiger partial charge in [-0.25, -0.2) is 9.18 Å². The number of nitrogens with one attached hydrogen (secondary N) is 3. The van der Waals surface area contributed by atoms with Gasteiger partial charge in [-0.2, -0.15) is 0 Å². The molecule has 0 aromatic heterocycles. The van der Waals surface area contributed by atoms with Crippen molar-refractivity contribution in [2.24, 2.45) is 0 Å². The molecule has 0 bridgehead atoms. The third kappa shape index (κ3) is 4.49. The first-order valence-corrected chi connectivity index (χ1v) is 8.80. The molecule has 3 amide bonds. The molecule has 2 atom stereocenters. The van der Waals surface area contributed by atoms with Crippen molar-refractivity contribution in [1.82, 2.24) is 10.6 Å². The third-order valence-electron chi connectivity index (χ3n) is 4.40. The van der Waals surface area contributed by atoms with E-state index in [0.717, 1.165) is 0 Å². The fraction of sp³-hybridized carbons (Fsp3) is 0.263. The van der Waals surface area contributed by atoms with Crippen molar-refractivity contribution in [3.63, 3.8) is 0 Å². The molecule has 2 aromatic carbocycles. The zero-order chi connectivity index (χ0) is 19.4. The quantitative estimate of drug-likeness (QED) is 0.748. The van der Waals surface area contributed by atoms with Crippen molar-refractivity contribution in [2.75, 3.05) is 19.0 Å². The van der Waals surface area contributed by atoms with Gasteiger partial charge in [-0.1, -0.05) is 17.7 Å². The van der Waals surface area contributed by atoms with Crippen molar-refractivity contribution in [3.05, 3.63) is 58.9 Å². The van der Waals surface area contributed by atoms with Crippen LogP contribution in [0.4, 0.5) is 14.9 Å². The molecule has 1 aliphatic heterocycles. The number of benzene rings is 2. The molecule has 2 aromatic rings. The van der Waals surface area contributed by atoms with Gasteiger partial charge in [-0.05, 0) is 36.8 Å². The van der Waals surface area contributed by atoms with Gasteiger partial charge in [0.25, 0.3) is 0 Å². The lowest BCUT2D eigenvalue weighted by atomic mass is 9.85. The van der Waals surface area contributed by atoms with E-state index in [-0.39, 0.29) is 11.5 Å². The van der Waals surface area contributed by atoms with E-state index in [4.69, 9.17) is 16.3 Å². The maximum Gasteiger partial charge on any atom is 0.319 e. The average Bonchev–Trinajstić information content (AvgIpc) is 2.64. The first kappa shape index (κ1) is 19.0. The molecule has 142 valence electrons. The van der Waals surface area contributed by atoms with Crippen LogP contribution in [0.25, 0.3) is 0 Å². The Kier molecular flexibility index (Phi) is 5.81. The zero-order valence-corrected chi connectivity index (χ0v) is 15.3. The van der Waals surface area contributed by atoms with E-state index in [9.17, 15) is 14.0 Å². The normalized spacial score (nSPS) is 19.1. The van der Waals surface area contributed by atoms with Gasteiger partial charge in [0.1, 0.15) is 11.6 Å². The van der Waals surface area contributed by atoms with Crippen LogP contribution in [-0.4, -0.2) is 31.6 Å². The lowest BCUT2D eigenvalue weighted by Gasteiger charge is -2.32. The van der Waals surface area contributed by atoms with Gasteiger partial charge < -0.3 is 20.7 Å². The van der Waals surface area contributed by atoms with Crippen LogP contribution in [0.3, 0.4) is 0 Å². The minimum absolute atomic E-state index is 0.213. The van der Waals surface area contributed by atoms with E-state index in [1.165, 1.54) is 19.2 Å². The topological polar surface area (TPSA) is 79.5 Å². The summed E-state index contributed by atoms with van der Waals surface area (Å²) in [4.78, 5) is 24.7. The molecule has 3 N–H and O–H groups in total. The Morgan fingerprint density at radius 3 is 2.67 bits per heavy atom. The highest BCUT2D eigenvalue weighted by molar-refractivity contribution is 6.30. The van der Waals surface area contributed by atoms with Crippen molar-refractivity contribution in [2.45, 2.75) is 18.4 Å². The lowest BCUT2D eigenvalue weighted by molar-refractivity contribution is -0.124. The number of hydrogen-bond donors (Lipinski definition) is 3. The van der Waals surface area contributed by atoms with Crippen LogP contribution in [0.1, 0.15) is 17.9 Å². The first-order chi connectivity index (χ1) is 13.0. The molecule has 1 unspecified atom stereocenters. The second-order valence-electron chi connectivity index (χ2n) is 6.16. The Balaban J connectivity index is 1.77. The number of amides is 3. The van der Waals surface area contributed by atoms with Crippen LogP contribution < -0.4 is 20.7 Å². The molecule has 8 heteroatoms. The molecule has 0 spiro atoms. The Morgan fingerprint density at radius 2 is 2.00 bits per heavy atom. The Hall–Kier alpha value is -2.80. The van der Waals surface area contributed by atoms with Crippen molar-refractivity contribution in [3.8, 4) is 5.75 Å². The molecule has 0 saturated carbocycles. The summed E-state index contributed by atoms with van der Waals surface area (Å²) in [7, 11) is 1.44. The number of anilines is 1. The van der Waals surface area contributed by atoms with Crippen LogP contribution in [0.2, 0.25) is 5.02 Å². The van der Waals surface area contributed by atoms with Gasteiger partial charge in [0, 0.05) is 34.9 Å². The van der Waals surface area contributed by atoms with E-state index in [0.29, 0.717) is 29.4 Å². The summed E-state index contributed by atoms with van der Waals surface area (Å²) < 4.78 is 19.5. The number of urea groups is 1. The van der Waals surface area contributed by atoms with Crippen molar-refractivity contribution >= 4 is 29.2 Å². The summed E-state index contributed by atoms with van der Waals surface area (Å²) in [5.41, 5.74) is 0.772. The monoisotopic (exact) mass is 391 g/mol. The van der Waals surface area contributed by atoms with E-state index < -0.39 is 23.8 Å². The van der Waals surface area contributed by atoms with Gasteiger partial charge in [0.05, 0.1) is 13.0 Å². The molecule has 1 heterocycles. The second-order valence-corrected chi connectivity index (χ2v) is 6.59.